The largest absolute Gasteiger partial charge is 0.417 e. The van der Waals surface area contributed by atoms with Gasteiger partial charge in [0.25, 0.3) is 5.56 Å². The topological polar surface area (TPSA) is 82.1 Å². The van der Waals surface area contributed by atoms with Crippen LogP contribution in [0.25, 0.3) is 11.2 Å². The maximum Gasteiger partial charge on any atom is 0.417 e. The minimum Gasteiger partial charge on any atom is -0.380 e. The van der Waals surface area contributed by atoms with Gasteiger partial charge in [-0.2, -0.15) is 13.2 Å². The van der Waals surface area contributed by atoms with Gasteiger partial charge in [-0.25, -0.2) is 9.78 Å². The molecule has 1 atom stereocenters. The first-order chi connectivity index (χ1) is 14.5. The minimum absolute atomic E-state index is 0.0401. The number of nitrogens with zero attached hydrogens (tertiary/aromatic N) is 4. The van der Waals surface area contributed by atoms with Crippen molar-refractivity contribution >= 4 is 11.2 Å². The maximum atomic E-state index is 13.3. The Hall–Kier alpha value is -2.10. The van der Waals surface area contributed by atoms with Gasteiger partial charge in [-0.15, -0.1) is 0 Å². The van der Waals surface area contributed by atoms with Crippen molar-refractivity contribution in [1.82, 2.24) is 18.7 Å². The van der Waals surface area contributed by atoms with Crippen molar-refractivity contribution < 1.29 is 18.3 Å². The Kier molecular flexibility index (Phi) is 5.56. The Balaban J connectivity index is 1.65. The van der Waals surface area contributed by atoms with Gasteiger partial charge in [0.15, 0.2) is 16.8 Å². The molecule has 0 amide bonds. The first-order valence-electron chi connectivity index (χ1n) is 11.0. The van der Waals surface area contributed by atoms with Gasteiger partial charge in [-0.1, -0.05) is 12.8 Å². The highest BCUT2D eigenvalue weighted by atomic mass is 19.4. The number of rotatable bonds is 4. The summed E-state index contributed by atoms with van der Waals surface area (Å²) in [4.78, 5) is 30.5. The Labute approximate surface area is 177 Å². The lowest BCUT2D eigenvalue weighted by atomic mass is 9.78. The van der Waals surface area contributed by atoms with Gasteiger partial charge in [0.05, 0.1) is 6.33 Å². The molecule has 4 rings (SSSR count). The molecule has 0 saturated heterocycles. The van der Waals surface area contributed by atoms with Gasteiger partial charge in [-0.05, 0) is 57.3 Å². The Morgan fingerprint density at radius 3 is 2.39 bits per heavy atom. The molecule has 2 fully saturated rings. The molecule has 2 aromatic rings. The van der Waals surface area contributed by atoms with Gasteiger partial charge in [-0.3, -0.25) is 13.9 Å². The zero-order chi connectivity index (χ0) is 22.6. The van der Waals surface area contributed by atoms with Crippen molar-refractivity contribution in [3.63, 3.8) is 0 Å². The summed E-state index contributed by atoms with van der Waals surface area (Å²) in [5.41, 5.74) is -2.96. The van der Waals surface area contributed by atoms with Crippen LogP contribution in [0.4, 0.5) is 13.2 Å². The number of aryl methyl sites for hydroxylation is 1. The molecule has 2 heterocycles. The molecule has 0 radical (unpaired) electrons. The first kappa shape index (κ1) is 22.1. The maximum absolute atomic E-state index is 13.3. The molecule has 172 valence electrons. The molecule has 2 saturated carbocycles. The van der Waals surface area contributed by atoms with Gasteiger partial charge in [0.2, 0.25) is 0 Å². The van der Waals surface area contributed by atoms with E-state index in [-0.39, 0.29) is 31.3 Å². The van der Waals surface area contributed by atoms with E-state index < -0.39 is 35.9 Å². The molecule has 1 N–H and O–H groups in total. The van der Waals surface area contributed by atoms with E-state index in [1.807, 2.05) is 4.57 Å². The molecule has 0 aromatic carbocycles. The van der Waals surface area contributed by atoms with E-state index in [2.05, 4.69) is 11.9 Å². The molecule has 2 aromatic heterocycles. The van der Waals surface area contributed by atoms with E-state index in [4.69, 9.17) is 0 Å². The van der Waals surface area contributed by atoms with Crippen LogP contribution in [0.1, 0.15) is 64.3 Å². The van der Waals surface area contributed by atoms with Gasteiger partial charge >= 0.3 is 11.9 Å². The molecule has 10 heteroatoms. The third kappa shape index (κ3) is 3.72. The number of imidazole rings is 1. The lowest BCUT2D eigenvalue weighted by Gasteiger charge is -2.37. The summed E-state index contributed by atoms with van der Waals surface area (Å²) in [6.45, 7) is 2.10. The molecule has 1 unspecified atom stereocenters. The number of halogens is 3. The van der Waals surface area contributed by atoms with Crippen LogP contribution in [0.3, 0.4) is 0 Å². The fourth-order valence-corrected chi connectivity index (χ4v) is 5.31. The van der Waals surface area contributed by atoms with E-state index >= 15 is 0 Å². The predicted octanol–water partition coefficient (Wildman–Crippen LogP) is 3.13. The van der Waals surface area contributed by atoms with Crippen LogP contribution in [0.2, 0.25) is 0 Å². The van der Waals surface area contributed by atoms with E-state index in [0.717, 1.165) is 30.3 Å². The third-order valence-corrected chi connectivity index (χ3v) is 7.48. The molecule has 2 aliphatic rings. The lowest BCUT2D eigenvalue weighted by Crippen LogP contribution is -2.49. The Morgan fingerprint density at radius 2 is 1.81 bits per heavy atom. The van der Waals surface area contributed by atoms with Crippen LogP contribution in [0.15, 0.2) is 15.9 Å². The fraction of sp³-hybridized carbons (Fsp3) is 0.762. The first-order valence-corrected chi connectivity index (χ1v) is 11.0. The van der Waals surface area contributed by atoms with Gasteiger partial charge in [0.1, 0.15) is 0 Å². The summed E-state index contributed by atoms with van der Waals surface area (Å²) in [5.74, 6) is 0.162. The monoisotopic (exact) mass is 442 g/mol. The van der Waals surface area contributed by atoms with E-state index in [1.54, 1.807) is 13.4 Å². The van der Waals surface area contributed by atoms with Crippen molar-refractivity contribution in [2.45, 2.75) is 82.7 Å². The Bertz CT molecular complexity index is 1070. The highest BCUT2D eigenvalue weighted by Gasteiger charge is 2.54. The highest BCUT2D eigenvalue weighted by Crippen LogP contribution is 2.43. The third-order valence-electron chi connectivity index (χ3n) is 7.48. The summed E-state index contributed by atoms with van der Waals surface area (Å²) in [6, 6.07) is 0.0719. The summed E-state index contributed by atoms with van der Waals surface area (Å²) >= 11 is 0. The fourth-order valence-electron chi connectivity index (χ4n) is 5.31. The Morgan fingerprint density at radius 1 is 1.19 bits per heavy atom. The van der Waals surface area contributed by atoms with Crippen molar-refractivity contribution in [2.75, 3.05) is 0 Å². The zero-order valence-electron chi connectivity index (χ0n) is 17.9. The molecule has 0 bridgehead atoms. The number of alkyl halides is 3. The molecule has 2 aliphatic carbocycles. The average Bonchev–Trinajstić information content (AvgIpc) is 3.40. The van der Waals surface area contributed by atoms with E-state index in [9.17, 15) is 27.9 Å². The second-order valence-electron chi connectivity index (χ2n) is 9.34. The minimum atomic E-state index is -4.67. The smallest absolute Gasteiger partial charge is 0.380 e. The average molecular weight is 442 g/mol. The molecule has 0 spiro atoms. The highest BCUT2D eigenvalue weighted by molar-refractivity contribution is 5.70. The SMILES string of the molecule is CC(C1CCCC1)n1cnc2c1c(=O)n(CC1CCC(O)(C(F)(F)F)CC1)c(=O)n2C. The van der Waals surface area contributed by atoms with E-state index in [0.29, 0.717) is 17.1 Å². The van der Waals surface area contributed by atoms with Gasteiger partial charge in [0, 0.05) is 19.6 Å². The van der Waals surface area contributed by atoms with Crippen molar-refractivity contribution in [2.24, 2.45) is 18.9 Å². The van der Waals surface area contributed by atoms with E-state index in [1.165, 1.54) is 4.57 Å². The normalized spacial score (nSPS) is 26.6. The van der Waals surface area contributed by atoms with Crippen LogP contribution < -0.4 is 11.2 Å². The van der Waals surface area contributed by atoms with Crippen LogP contribution in [-0.2, 0) is 13.6 Å². The molecule has 7 nitrogen and oxygen atoms in total. The van der Waals surface area contributed by atoms with Crippen LogP contribution in [0, 0.1) is 11.8 Å². The number of hydrogen-bond donors (Lipinski definition) is 1. The second-order valence-corrected chi connectivity index (χ2v) is 9.34. The molecule has 0 aliphatic heterocycles. The number of fused-ring (bicyclic) bond motifs is 1. The number of aliphatic hydroxyl groups is 1. The summed E-state index contributed by atoms with van der Waals surface area (Å²) < 4.78 is 43.6. The van der Waals surface area contributed by atoms with Gasteiger partial charge < -0.3 is 9.67 Å². The second kappa shape index (κ2) is 7.79. The van der Waals surface area contributed by atoms with Crippen LogP contribution >= 0.6 is 0 Å². The number of hydrogen-bond acceptors (Lipinski definition) is 4. The lowest BCUT2D eigenvalue weighted by molar-refractivity contribution is -0.272. The van der Waals surface area contributed by atoms with Crippen LogP contribution in [0.5, 0.6) is 0 Å². The summed E-state index contributed by atoms with van der Waals surface area (Å²) in [6.07, 6.45) is 0.797. The van der Waals surface area contributed by atoms with Crippen molar-refractivity contribution in [1.29, 1.82) is 0 Å². The zero-order valence-corrected chi connectivity index (χ0v) is 17.9. The van der Waals surface area contributed by atoms with Crippen LogP contribution in [-0.4, -0.2) is 35.6 Å². The van der Waals surface area contributed by atoms with Crippen molar-refractivity contribution in [3.8, 4) is 0 Å². The quantitative estimate of drug-likeness (QED) is 0.789. The van der Waals surface area contributed by atoms with Crippen molar-refractivity contribution in [3.05, 3.63) is 27.2 Å². The molecular formula is C21H29F3N4O3. The predicted molar refractivity (Wildman–Crippen MR) is 109 cm³/mol. The molecule has 31 heavy (non-hydrogen) atoms. The summed E-state index contributed by atoms with van der Waals surface area (Å²) in [7, 11) is 1.56. The molecular weight excluding hydrogens is 413 g/mol. The number of aromatic nitrogens is 4. The standard InChI is InChI=1S/C21H29F3N4O3/c1-13(15-5-3-4-6-15)28-12-25-17-16(28)18(29)27(19(30)26(17)2)11-14-7-9-20(31,10-8-14)21(22,23)24/h12-15,31H,3-11H2,1-2H3. The summed E-state index contributed by atoms with van der Waals surface area (Å²) in [5, 5.41) is 9.89.